The van der Waals surface area contributed by atoms with Gasteiger partial charge in [-0.15, -0.1) is 10.2 Å². The lowest BCUT2D eigenvalue weighted by atomic mass is 9.88. The highest BCUT2D eigenvalue weighted by Crippen LogP contribution is 2.42. The highest BCUT2D eigenvalue weighted by Gasteiger charge is 2.42. The lowest BCUT2D eigenvalue weighted by Gasteiger charge is -2.26. The molecule has 2 heterocycles. The van der Waals surface area contributed by atoms with Crippen LogP contribution >= 0.6 is 0 Å². The zero-order valence-corrected chi connectivity index (χ0v) is 19.7. The van der Waals surface area contributed by atoms with Crippen LogP contribution in [-0.4, -0.2) is 35.1 Å². The average Bonchev–Trinajstić information content (AvgIpc) is 3.37. The summed E-state index contributed by atoms with van der Waals surface area (Å²) in [7, 11) is 0. The smallest absolute Gasteiger partial charge is 0.416 e. The highest BCUT2D eigenvalue weighted by molar-refractivity contribution is 6.00. The highest BCUT2D eigenvalue weighted by atomic mass is 19.4. The fraction of sp³-hybridized carbons (Fsp3) is 0.280. The van der Waals surface area contributed by atoms with Gasteiger partial charge in [0.05, 0.1) is 30.1 Å². The van der Waals surface area contributed by atoms with Crippen LogP contribution < -0.4 is 10.2 Å². The molecule has 0 saturated heterocycles. The molecule has 4 rings (SSSR count). The zero-order valence-electron chi connectivity index (χ0n) is 19.7. The van der Waals surface area contributed by atoms with E-state index in [-0.39, 0.29) is 43.6 Å². The summed E-state index contributed by atoms with van der Waals surface area (Å²) in [5, 5.41) is 9.14. The molecule has 1 aromatic heterocycles. The van der Waals surface area contributed by atoms with Crippen molar-refractivity contribution < 1.29 is 44.7 Å². The second kappa shape index (κ2) is 10.8. The Morgan fingerprint density at radius 2 is 1.85 bits per heavy atom. The fourth-order valence-electron chi connectivity index (χ4n) is 4.15. The summed E-state index contributed by atoms with van der Waals surface area (Å²) in [6.45, 7) is -0.563. The molecule has 0 fully saturated rings. The van der Waals surface area contributed by atoms with Crippen molar-refractivity contribution in [3.05, 3.63) is 76.8 Å². The number of aromatic nitrogens is 2. The summed E-state index contributed by atoms with van der Waals surface area (Å²) in [5.41, 5.74) is -3.19. The Morgan fingerprint density at radius 1 is 1.08 bits per heavy atom. The second-order valence-electron chi connectivity index (χ2n) is 8.37. The lowest BCUT2D eigenvalue weighted by Crippen LogP contribution is -2.35. The van der Waals surface area contributed by atoms with Gasteiger partial charge in [0.2, 0.25) is 12.3 Å². The molecule has 39 heavy (non-hydrogen) atoms. The van der Waals surface area contributed by atoms with Crippen LogP contribution in [0.25, 0.3) is 0 Å². The maximum Gasteiger partial charge on any atom is 0.416 e. The summed E-state index contributed by atoms with van der Waals surface area (Å²) >= 11 is 0. The number of alkyl halides is 6. The van der Waals surface area contributed by atoms with Crippen molar-refractivity contribution in [3.63, 3.8) is 0 Å². The van der Waals surface area contributed by atoms with E-state index in [4.69, 9.17) is 4.42 Å². The van der Waals surface area contributed by atoms with Crippen molar-refractivity contribution in [1.82, 2.24) is 15.5 Å². The third-order valence-electron chi connectivity index (χ3n) is 5.91. The molecule has 0 bridgehead atoms. The van der Waals surface area contributed by atoms with Gasteiger partial charge in [0.15, 0.2) is 0 Å². The molecule has 0 aliphatic carbocycles. The van der Waals surface area contributed by atoms with E-state index in [2.05, 4.69) is 27.4 Å². The molecule has 0 spiro atoms. The van der Waals surface area contributed by atoms with Gasteiger partial charge in [-0.2, -0.15) is 26.3 Å². The van der Waals surface area contributed by atoms with E-state index in [9.17, 15) is 40.3 Å². The van der Waals surface area contributed by atoms with Crippen molar-refractivity contribution in [1.29, 1.82) is 0 Å². The van der Waals surface area contributed by atoms with Crippen LogP contribution in [0.4, 0.5) is 36.4 Å². The summed E-state index contributed by atoms with van der Waals surface area (Å²) in [6, 6.07) is 4.61. The number of anilines is 1. The number of hydrogen-bond acceptors (Lipinski definition) is 5. The molecule has 2 aromatic carbocycles. The number of halogens is 7. The van der Waals surface area contributed by atoms with Crippen molar-refractivity contribution >= 4 is 17.5 Å². The number of carbonyl (C=O) groups excluding carboxylic acids is 2. The largest absolute Gasteiger partial charge is 0.420 e. The monoisotopic (exact) mass is 554 g/mol. The van der Waals surface area contributed by atoms with Gasteiger partial charge >= 0.3 is 24.2 Å². The number of amides is 2. The standard InChI is InChI=1S/C25H17F7N4O3/c26-16-5-8-20-14(11-16)3-6-18(17-7-4-15(24(27,28)29)12-19(17)25(30,31)32)23(38)36(20)10-2-1-9-33-21(37)22-35-34-13-39-22/h4-5,7-8,11-13,18H,3,6,9-10H2,(H,33,37). The van der Waals surface area contributed by atoms with Gasteiger partial charge in [-0.05, 0) is 54.3 Å². The summed E-state index contributed by atoms with van der Waals surface area (Å²) in [6.07, 6.45) is -9.49. The first-order chi connectivity index (χ1) is 18.4. The number of benzene rings is 2. The number of nitrogens with one attached hydrogen (secondary N) is 1. The molecular weight excluding hydrogens is 537 g/mol. The third-order valence-corrected chi connectivity index (χ3v) is 5.91. The Bertz CT molecular complexity index is 1440. The summed E-state index contributed by atoms with van der Waals surface area (Å²) in [4.78, 5) is 26.4. The lowest BCUT2D eigenvalue weighted by molar-refractivity contribution is -0.143. The number of hydrogen-bond donors (Lipinski definition) is 1. The van der Waals surface area contributed by atoms with Crippen molar-refractivity contribution in [2.75, 3.05) is 18.0 Å². The van der Waals surface area contributed by atoms with Gasteiger partial charge in [0, 0.05) is 5.69 Å². The molecule has 204 valence electrons. The maximum absolute atomic E-state index is 13.9. The Kier molecular flexibility index (Phi) is 7.62. The minimum Gasteiger partial charge on any atom is -0.420 e. The van der Waals surface area contributed by atoms with Crippen molar-refractivity contribution in [2.24, 2.45) is 0 Å². The molecule has 1 aliphatic heterocycles. The molecule has 1 aliphatic rings. The zero-order chi connectivity index (χ0) is 28.4. The van der Waals surface area contributed by atoms with Crippen molar-refractivity contribution in [3.8, 4) is 11.8 Å². The van der Waals surface area contributed by atoms with Crippen molar-refractivity contribution in [2.45, 2.75) is 31.1 Å². The molecule has 1 unspecified atom stereocenters. The topological polar surface area (TPSA) is 88.3 Å². The number of carbonyl (C=O) groups is 2. The quantitative estimate of drug-likeness (QED) is 0.372. The molecule has 0 saturated carbocycles. The van der Waals surface area contributed by atoms with E-state index < -0.39 is 52.6 Å². The molecule has 0 radical (unpaired) electrons. The molecule has 7 nitrogen and oxygen atoms in total. The van der Waals surface area contributed by atoms with Gasteiger partial charge in [-0.3, -0.25) is 14.5 Å². The van der Waals surface area contributed by atoms with Gasteiger partial charge < -0.3 is 9.73 Å². The summed E-state index contributed by atoms with van der Waals surface area (Å²) in [5.74, 6) is 1.20. The molecule has 14 heteroatoms. The second-order valence-corrected chi connectivity index (χ2v) is 8.37. The average molecular weight is 554 g/mol. The number of nitrogens with zero attached hydrogens (tertiary/aromatic N) is 3. The van der Waals surface area contributed by atoms with E-state index in [1.54, 1.807) is 0 Å². The van der Waals surface area contributed by atoms with E-state index in [1.807, 2.05) is 0 Å². The van der Waals surface area contributed by atoms with E-state index in [0.29, 0.717) is 17.7 Å². The number of rotatable bonds is 4. The van der Waals surface area contributed by atoms with Crippen LogP contribution in [-0.2, 0) is 23.6 Å². The normalized spacial score (nSPS) is 15.7. The van der Waals surface area contributed by atoms with Crippen LogP contribution in [0.3, 0.4) is 0 Å². The minimum absolute atomic E-state index is 0.0173. The van der Waals surface area contributed by atoms with Crippen LogP contribution in [0.2, 0.25) is 0 Å². The van der Waals surface area contributed by atoms with E-state index >= 15 is 0 Å². The summed E-state index contributed by atoms with van der Waals surface area (Å²) < 4.78 is 99.7. The van der Waals surface area contributed by atoms with Gasteiger partial charge in [-0.25, -0.2) is 4.39 Å². The Morgan fingerprint density at radius 3 is 2.51 bits per heavy atom. The third kappa shape index (κ3) is 6.19. The van der Waals surface area contributed by atoms with Gasteiger partial charge in [-0.1, -0.05) is 17.9 Å². The number of aryl methyl sites for hydroxylation is 1. The molecular formula is C25H17F7N4O3. The molecule has 3 aromatic rings. The van der Waals surface area contributed by atoms with Crippen LogP contribution in [0, 0.1) is 17.7 Å². The number of fused-ring (bicyclic) bond motifs is 1. The Hall–Kier alpha value is -4.41. The Labute approximate surface area is 216 Å². The first-order valence-electron chi connectivity index (χ1n) is 11.2. The predicted octanol–water partition coefficient (Wildman–Crippen LogP) is 4.74. The molecule has 1 N–H and O–H groups in total. The van der Waals surface area contributed by atoms with E-state index in [1.165, 1.54) is 6.07 Å². The first kappa shape index (κ1) is 27.6. The Balaban J connectivity index is 1.65. The molecule has 2 amide bonds. The predicted molar refractivity (Wildman–Crippen MR) is 121 cm³/mol. The molecule has 1 atom stereocenters. The van der Waals surface area contributed by atoms with Gasteiger partial charge in [0.1, 0.15) is 5.82 Å². The fourth-order valence-corrected chi connectivity index (χ4v) is 4.15. The van der Waals surface area contributed by atoms with E-state index in [0.717, 1.165) is 23.4 Å². The first-order valence-corrected chi connectivity index (χ1v) is 11.2. The maximum atomic E-state index is 13.9. The minimum atomic E-state index is -5.18. The van der Waals surface area contributed by atoms with Crippen LogP contribution in [0.1, 0.15) is 45.3 Å². The SMILES string of the molecule is O=C(NCC#CCN1C(=O)C(c2ccc(C(F)(F)F)cc2C(F)(F)F)CCc2cc(F)ccc21)c1nnco1. The van der Waals surface area contributed by atoms with Crippen LogP contribution in [0.5, 0.6) is 0 Å². The van der Waals surface area contributed by atoms with Crippen LogP contribution in [0.15, 0.2) is 47.2 Å². The van der Waals surface area contributed by atoms with Gasteiger partial charge in [0.25, 0.3) is 0 Å².